The van der Waals surface area contributed by atoms with Gasteiger partial charge in [-0.2, -0.15) is 4.98 Å². The first kappa shape index (κ1) is 14.8. The molecule has 2 atom stereocenters. The summed E-state index contributed by atoms with van der Waals surface area (Å²) in [6.45, 7) is 2.67. The first-order chi connectivity index (χ1) is 11.1. The first-order valence-corrected chi connectivity index (χ1v) is 9.40. The Morgan fingerprint density at radius 1 is 1.13 bits per heavy atom. The predicted octanol–water partition coefficient (Wildman–Crippen LogP) is 2.05. The minimum absolute atomic E-state index is 0.0459. The molecule has 4 rings (SSSR count). The molecule has 1 aliphatic carbocycles. The van der Waals surface area contributed by atoms with Gasteiger partial charge in [-0.15, -0.1) is 0 Å². The minimum atomic E-state index is -3.20. The summed E-state index contributed by atoms with van der Waals surface area (Å²) in [6.07, 6.45) is 1.55. The molecule has 1 aromatic carbocycles. The molecule has 122 valence electrons. The highest BCUT2D eigenvalue weighted by molar-refractivity contribution is 7.90. The number of hydrogen-bond acceptors (Lipinski definition) is 5. The van der Waals surface area contributed by atoms with Gasteiger partial charge >= 0.3 is 0 Å². The van der Waals surface area contributed by atoms with Gasteiger partial charge in [0, 0.05) is 19.0 Å². The second-order valence-corrected chi connectivity index (χ2v) is 8.58. The van der Waals surface area contributed by atoms with E-state index < -0.39 is 10.0 Å². The van der Waals surface area contributed by atoms with Crippen LogP contribution in [-0.4, -0.2) is 41.2 Å². The van der Waals surface area contributed by atoms with E-state index in [1.54, 1.807) is 11.2 Å². The quantitative estimate of drug-likeness (QED) is 0.856. The normalized spacial score (nSPS) is 25.8. The van der Waals surface area contributed by atoms with E-state index >= 15 is 0 Å². The Bertz CT molecular complexity index is 799. The third kappa shape index (κ3) is 2.68. The highest BCUT2D eigenvalue weighted by Crippen LogP contribution is 2.42. The van der Waals surface area contributed by atoms with E-state index in [1.807, 2.05) is 30.3 Å². The van der Waals surface area contributed by atoms with E-state index in [0.717, 1.165) is 18.4 Å². The summed E-state index contributed by atoms with van der Waals surface area (Å²) >= 11 is 0. The lowest BCUT2D eigenvalue weighted by Gasteiger charge is -2.16. The largest absolute Gasteiger partial charge is 0.339 e. The Labute approximate surface area is 135 Å². The van der Waals surface area contributed by atoms with Crippen molar-refractivity contribution >= 4 is 10.0 Å². The summed E-state index contributed by atoms with van der Waals surface area (Å²) in [6, 6.07) is 9.98. The predicted molar refractivity (Wildman–Crippen MR) is 84.5 cm³/mol. The molecule has 23 heavy (non-hydrogen) atoms. The molecule has 1 aliphatic heterocycles. The Morgan fingerprint density at radius 2 is 1.83 bits per heavy atom. The van der Waals surface area contributed by atoms with Gasteiger partial charge in [-0.05, 0) is 25.3 Å². The van der Waals surface area contributed by atoms with Crippen LogP contribution in [0.2, 0.25) is 0 Å². The molecule has 2 aromatic rings. The van der Waals surface area contributed by atoms with Crippen molar-refractivity contribution in [2.45, 2.75) is 36.9 Å². The van der Waals surface area contributed by atoms with E-state index in [9.17, 15) is 8.42 Å². The molecule has 0 amide bonds. The van der Waals surface area contributed by atoms with Gasteiger partial charge in [0.25, 0.3) is 0 Å². The summed E-state index contributed by atoms with van der Waals surface area (Å²) in [5.74, 6) is 1.07. The van der Waals surface area contributed by atoms with Gasteiger partial charge in [0.2, 0.25) is 15.9 Å². The van der Waals surface area contributed by atoms with Gasteiger partial charge in [0.05, 0.1) is 11.2 Å². The first-order valence-electron chi connectivity index (χ1n) is 7.90. The van der Waals surface area contributed by atoms with Crippen LogP contribution >= 0.6 is 0 Å². The molecule has 1 aromatic heterocycles. The minimum Gasteiger partial charge on any atom is -0.339 e. The van der Waals surface area contributed by atoms with Gasteiger partial charge in [-0.3, -0.25) is 0 Å². The monoisotopic (exact) mass is 333 g/mol. The summed E-state index contributed by atoms with van der Waals surface area (Å²) in [5.41, 5.74) is 1.11. The molecular weight excluding hydrogens is 314 g/mol. The van der Waals surface area contributed by atoms with Crippen molar-refractivity contribution in [1.29, 1.82) is 0 Å². The fourth-order valence-corrected chi connectivity index (χ4v) is 5.19. The third-order valence-electron chi connectivity index (χ3n) is 4.68. The van der Waals surface area contributed by atoms with Crippen LogP contribution in [0.4, 0.5) is 0 Å². The van der Waals surface area contributed by atoms with Crippen LogP contribution in [0.15, 0.2) is 34.9 Å². The van der Waals surface area contributed by atoms with E-state index in [-0.39, 0.29) is 17.1 Å². The Kier molecular flexibility index (Phi) is 3.50. The van der Waals surface area contributed by atoms with E-state index in [4.69, 9.17) is 4.52 Å². The molecular formula is C16H19N3O3S. The molecule has 2 heterocycles. The summed E-state index contributed by atoms with van der Waals surface area (Å²) < 4.78 is 32.2. The topological polar surface area (TPSA) is 76.3 Å². The van der Waals surface area contributed by atoms with Gasteiger partial charge < -0.3 is 4.52 Å². The zero-order valence-electron chi connectivity index (χ0n) is 12.9. The Hall–Kier alpha value is -1.73. The van der Waals surface area contributed by atoms with Gasteiger partial charge in [0.15, 0.2) is 5.82 Å². The van der Waals surface area contributed by atoms with Crippen LogP contribution < -0.4 is 0 Å². The third-order valence-corrected chi connectivity index (χ3v) is 7.01. The molecule has 7 heteroatoms. The van der Waals surface area contributed by atoms with Crippen molar-refractivity contribution < 1.29 is 12.9 Å². The number of sulfonamides is 1. The number of benzene rings is 1. The fraction of sp³-hybridized carbons (Fsp3) is 0.500. The van der Waals surface area contributed by atoms with Crippen molar-refractivity contribution in [3.8, 4) is 0 Å². The van der Waals surface area contributed by atoms with Crippen LogP contribution in [-0.2, 0) is 10.0 Å². The van der Waals surface area contributed by atoms with Crippen LogP contribution in [0.5, 0.6) is 0 Å². The van der Waals surface area contributed by atoms with Crippen molar-refractivity contribution in [3.63, 3.8) is 0 Å². The lowest BCUT2D eigenvalue weighted by molar-refractivity contribution is 0.345. The van der Waals surface area contributed by atoms with Crippen LogP contribution in [0.3, 0.4) is 0 Å². The van der Waals surface area contributed by atoms with Gasteiger partial charge in [-0.1, -0.05) is 35.5 Å². The number of rotatable bonds is 4. The maximum atomic E-state index is 12.6. The SMILES string of the molecule is Cc1noc(C2CN(S(=O)(=O)C3CC3)CC2c2ccccc2)n1. The molecule has 0 N–H and O–H groups in total. The standard InChI is InChI=1S/C16H19N3O3S/c1-11-17-16(22-18-11)15-10-19(23(20,21)13-7-8-13)9-14(15)12-5-3-2-4-6-12/h2-6,13-15H,7-10H2,1H3. The maximum absolute atomic E-state index is 12.6. The summed E-state index contributed by atoms with van der Waals surface area (Å²) in [4.78, 5) is 4.35. The van der Waals surface area contributed by atoms with E-state index in [2.05, 4.69) is 10.1 Å². The molecule has 0 radical (unpaired) electrons. The lowest BCUT2D eigenvalue weighted by Crippen LogP contribution is -2.31. The zero-order valence-corrected chi connectivity index (χ0v) is 13.7. The highest BCUT2D eigenvalue weighted by atomic mass is 32.2. The second-order valence-electron chi connectivity index (χ2n) is 6.36. The van der Waals surface area contributed by atoms with Crippen molar-refractivity contribution in [3.05, 3.63) is 47.6 Å². The van der Waals surface area contributed by atoms with Crippen molar-refractivity contribution in [2.75, 3.05) is 13.1 Å². The van der Waals surface area contributed by atoms with Gasteiger partial charge in [-0.25, -0.2) is 12.7 Å². The molecule has 1 saturated heterocycles. The van der Waals surface area contributed by atoms with E-state index in [0.29, 0.717) is 24.8 Å². The molecule has 2 unspecified atom stereocenters. The smallest absolute Gasteiger partial charge is 0.231 e. The molecule has 1 saturated carbocycles. The van der Waals surface area contributed by atoms with Crippen molar-refractivity contribution in [2.24, 2.45) is 0 Å². The van der Waals surface area contributed by atoms with Crippen LogP contribution in [0.1, 0.15) is 42.0 Å². The van der Waals surface area contributed by atoms with Gasteiger partial charge in [0.1, 0.15) is 0 Å². The Morgan fingerprint density at radius 3 is 2.43 bits per heavy atom. The number of aryl methyl sites for hydroxylation is 1. The zero-order chi connectivity index (χ0) is 16.0. The molecule has 6 nitrogen and oxygen atoms in total. The fourth-order valence-electron chi connectivity index (χ4n) is 3.30. The number of nitrogens with zero attached hydrogens (tertiary/aromatic N) is 3. The number of aromatic nitrogens is 2. The highest BCUT2D eigenvalue weighted by Gasteiger charge is 2.47. The average Bonchev–Trinajstić information content (AvgIpc) is 3.18. The Balaban J connectivity index is 1.69. The van der Waals surface area contributed by atoms with Crippen molar-refractivity contribution in [1.82, 2.24) is 14.4 Å². The molecule has 0 bridgehead atoms. The molecule has 2 fully saturated rings. The average molecular weight is 333 g/mol. The summed E-state index contributed by atoms with van der Waals surface area (Å²) in [7, 11) is -3.20. The summed E-state index contributed by atoms with van der Waals surface area (Å²) in [5, 5.41) is 3.68. The lowest BCUT2D eigenvalue weighted by atomic mass is 9.89. The number of hydrogen-bond donors (Lipinski definition) is 0. The van der Waals surface area contributed by atoms with Crippen LogP contribution in [0.25, 0.3) is 0 Å². The van der Waals surface area contributed by atoms with Crippen LogP contribution in [0, 0.1) is 6.92 Å². The second kappa shape index (κ2) is 5.42. The van der Waals surface area contributed by atoms with E-state index in [1.165, 1.54) is 0 Å². The maximum Gasteiger partial charge on any atom is 0.231 e. The molecule has 0 spiro atoms. The molecule has 2 aliphatic rings.